The Bertz CT molecular complexity index is 5200. The molecule has 0 nitrogen and oxygen atoms in total. The molecule has 0 unspecified atom stereocenters. The van der Waals surface area contributed by atoms with Crippen LogP contribution < -0.4 is 0 Å². The Hall–Kier alpha value is -11.4. The van der Waals surface area contributed by atoms with Crippen LogP contribution in [0.3, 0.4) is 0 Å². The van der Waals surface area contributed by atoms with E-state index in [-0.39, 0.29) is 5.41 Å². The van der Waals surface area contributed by atoms with Crippen LogP contribution in [0.15, 0.2) is 340 Å². The van der Waals surface area contributed by atoms with Gasteiger partial charge >= 0.3 is 0 Å². The van der Waals surface area contributed by atoms with Gasteiger partial charge in [-0.15, -0.1) is 0 Å². The van der Waals surface area contributed by atoms with Crippen molar-refractivity contribution in [1.82, 2.24) is 0 Å². The summed E-state index contributed by atoms with van der Waals surface area (Å²) in [5, 5.41) is 10.0. The fourth-order valence-electron chi connectivity index (χ4n) is 17.7. The molecule has 19 rings (SSSR count). The van der Waals surface area contributed by atoms with Crippen LogP contribution in [-0.2, 0) is 16.2 Å². The van der Waals surface area contributed by atoms with E-state index in [0.717, 1.165) is 0 Å². The predicted octanol–water partition coefficient (Wildman–Crippen LogP) is 24.0. The standard InChI is InChI=1S/C93H62/c1-91(2)83-55-59(87-73-37-15-19-41-77(73)89(78-42-20-16-38-74(78)87)61-49-53-71-67-35-23-25-45-81(67)92(85(71)57-61,63-27-7-3-8-28-63)64-29-9-4-10-30-64)47-51-69(83)70-52-48-60(56-84(70)91)88-75-39-17-21-43-79(75)90(80-44-22-18-40-76(80)88)62-50-54-72-68-36-24-26-46-82(68)93(86(72)58-62,65-31-11-5-12-32-65)66-33-13-6-14-34-66/h3-58H,1-2H3. The Kier molecular flexibility index (Phi) is 11.6. The second kappa shape index (κ2) is 20.3. The second-order valence-electron chi connectivity index (χ2n) is 26.4. The van der Waals surface area contributed by atoms with Crippen LogP contribution in [0, 0.1) is 0 Å². The van der Waals surface area contributed by atoms with Gasteiger partial charge in [-0.25, -0.2) is 0 Å². The first-order chi connectivity index (χ1) is 45.9. The highest BCUT2D eigenvalue weighted by molar-refractivity contribution is 6.23. The van der Waals surface area contributed by atoms with Gasteiger partial charge in [0, 0.05) is 5.41 Å². The van der Waals surface area contributed by atoms with E-state index < -0.39 is 10.8 Å². The van der Waals surface area contributed by atoms with Crippen molar-refractivity contribution in [3.63, 3.8) is 0 Å². The zero-order valence-corrected chi connectivity index (χ0v) is 51.8. The number of benzene rings is 16. The number of rotatable bonds is 8. The van der Waals surface area contributed by atoms with Gasteiger partial charge in [0.2, 0.25) is 0 Å². The molecule has 0 amide bonds. The van der Waals surface area contributed by atoms with Crippen molar-refractivity contribution in [3.8, 4) is 77.9 Å². The maximum absolute atomic E-state index is 2.53. The van der Waals surface area contributed by atoms with Crippen molar-refractivity contribution < 1.29 is 0 Å². The van der Waals surface area contributed by atoms with E-state index in [1.54, 1.807) is 0 Å². The van der Waals surface area contributed by atoms with Gasteiger partial charge < -0.3 is 0 Å². The van der Waals surface area contributed by atoms with E-state index >= 15 is 0 Å². The summed E-state index contributed by atoms with van der Waals surface area (Å²) in [5.41, 5.74) is 29.5. The lowest BCUT2D eigenvalue weighted by atomic mass is 9.67. The van der Waals surface area contributed by atoms with Gasteiger partial charge in [0.25, 0.3) is 0 Å². The van der Waals surface area contributed by atoms with E-state index in [4.69, 9.17) is 0 Å². The van der Waals surface area contributed by atoms with Crippen LogP contribution in [0.4, 0.5) is 0 Å². The van der Waals surface area contributed by atoms with Gasteiger partial charge in [0.05, 0.1) is 10.8 Å². The van der Waals surface area contributed by atoms with Crippen LogP contribution >= 0.6 is 0 Å². The minimum Gasteiger partial charge on any atom is -0.0622 e. The van der Waals surface area contributed by atoms with Crippen molar-refractivity contribution in [3.05, 3.63) is 395 Å². The molecule has 0 aromatic heterocycles. The highest BCUT2D eigenvalue weighted by atomic mass is 14.5. The normalized spacial score (nSPS) is 14.2. The molecule has 0 saturated carbocycles. The largest absolute Gasteiger partial charge is 0.0713 e. The highest BCUT2D eigenvalue weighted by Gasteiger charge is 2.48. The number of fused-ring (bicyclic) bond motifs is 13. The molecule has 0 bridgehead atoms. The van der Waals surface area contributed by atoms with Crippen LogP contribution in [0.1, 0.15) is 69.5 Å². The molecule has 0 radical (unpaired) electrons. The maximum Gasteiger partial charge on any atom is 0.0713 e. The molecule has 16 aromatic rings. The Morgan fingerprint density at radius 1 is 0.172 bits per heavy atom. The minimum absolute atomic E-state index is 0.300. The average molecular weight is 1180 g/mol. The molecule has 434 valence electrons. The monoisotopic (exact) mass is 1180 g/mol. The lowest BCUT2D eigenvalue weighted by molar-refractivity contribution is 0.661. The van der Waals surface area contributed by atoms with Crippen LogP contribution in [0.25, 0.3) is 121 Å². The summed E-state index contributed by atoms with van der Waals surface area (Å²) in [4.78, 5) is 0. The molecule has 0 saturated heterocycles. The summed E-state index contributed by atoms with van der Waals surface area (Å²) in [6.45, 7) is 4.88. The van der Waals surface area contributed by atoms with Crippen LogP contribution in [0.2, 0.25) is 0 Å². The first kappa shape index (κ1) is 53.4. The van der Waals surface area contributed by atoms with Crippen molar-refractivity contribution in [1.29, 1.82) is 0 Å². The van der Waals surface area contributed by atoms with E-state index in [2.05, 4.69) is 354 Å². The Morgan fingerprint density at radius 3 is 0.645 bits per heavy atom. The second-order valence-corrected chi connectivity index (χ2v) is 26.4. The third-order valence-electron chi connectivity index (χ3n) is 21.6. The summed E-state index contributed by atoms with van der Waals surface area (Å²) < 4.78 is 0. The maximum atomic E-state index is 2.53. The first-order valence-corrected chi connectivity index (χ1v) is 32.8. The highest BCUT2D eigenvalue weighted by Crippen LogP contribution is 2.60. The van der Waals surface area contributed by atoms with Gasteiger partial charge in [-0.1, -0.05) is 329 Å². The molecule has 0 N–H and O–H groups in total. The molecule has 3 aliphatic rings. The van der Waals surface area contributed by atoms with Crippen LogP contribution in [0.5, 0.6) is 0 Å². The van der Waals surface area contributed by atoms with Gasteiger partial charge in [0.15, 0.2) is 0 Å². The SMILES string of the molecule is CC1(C)c2cc(-c3c4ccccc4c(-c4ccc5c(c4)C(c4ccccc4)(c4ccccc4)c4ccccc4-5)c4ccccc34)ccc2-c2ccc(-c3c4ccccc4c(-c4ccc5c(c4)C(c4ccccc4)(c4ccccc4)c4ccccc4-5)c4ccccc34)cc21. The summed E-state index contributed by atoms with van der Waals surface area (Å²) in [5.74, 6) is 0. The van der Waals surface area contributed by atoms with Gasteiger partial charge in [0.1, 0.15) is 0 Å². The minimum atomic E-state index is -0.503. The molecule has 0 fully saturated rings. The van der Waals surface area contributed by atoms with Gasteiger partial charge in [-0.2, -0.15) is 0 Å². The summed E-state index contributed by atoms with van der Waals surface area (Å²) in [7, 11) is 0. The molecule has 3 aliphatic carbocycles. The molecule has 93 heavy (non-hydrogen) atoms. The Balaban J connectivity index is 0.744. The zero-order chi connectivity index (χ0) is 61.6. The fourth-order valence-corrected chi connectivity index (χ4v) is 17.7. The summed E-state index contributed by atoms with van der Waals surface area (Å²) >= 11 is 0. The Morgan fingerprint density at radius 2 is 0.376 bits per heavy atom. The van der Waals surface area contributed by atoms with Crippen LogP contribution in [-0.4, -0.2) is 0 Å². The van der Waals surface area contributed by atoms with Crippen molar-refractivity contribution in [2.75, 3.05) is 0 Å². The van der Waals surface area contributed by atoms with Crippen molar-refractivity contribution in [2.24, 2.45) is 0 Å². The molecule has 0 aliphatic heterocycles. The molecule has 0 heteroatoms. The average Bonchev–Trinajstić information content (AvgIpc) is 1.60. The number of hydrogen-bond donors (Lipinski definition) is 0. The quantitative estimate of drug-likeness (QED) is 0.133. The van der Waals surface area contributed by atoms with Crippen molar-refractivity contribution in [2.45, 2.75) is 30.1 Å². The summed E-state index contributed by atoms with van der Waals surface area (Å²) in [6.07, 6.45) is 0. The third kappa shape index (κ3) is 7.44. The molecule has 16 aromatic carbocycles. The number of hydrogen-bond acceptors (Lipinski definition) is 0. The fraction of sp³-hybridized carbons (Fsp3) is 0.0538. The van der Waals surface area contributed by atoms with E-state index in [0.29, 0.717) is 0 Å². The molecule has 0 atom stereocenters. The van der Waals surface area contributed by atoms with E-state index in [9.17, 15) is 0 Å². The zero-order valence-electron chi connectivity index (χ0n) is 51.8. The van der Waals surface area contributed by atoms with Crippen molar-refractivity contribution >= 4 is 43.1 Å². The van der Waals surface area contributed by atoms with Gasteiger partial charge in [-0.05, 0) is 201 Å². The topological polar surface area (TPSA) is 0 Å². The molecule has 0 heterocycles. The lowest BCUT2D eigenvalue weighted by Gasteiger charge is -2.34. The van der Waals surface area contributed by atoms with E-state index in [1.165, 1.54) is 177 Å². The smallest absolute Gasteiger partial charge is 0.0622 e. The molecule has 0 spiro atoms. The molecular formula is C93H62. The summed E-state index contributed by atoms with van der Waals surface area (Å²) in [6, 6.07) is 129. The lowest BCUT2D eigenvalue weighted by Crippen LogP contribution is -2.28. The van der Waals surface area contributed by atoms with E-state index in [1.807, 2.05) is 0 Å². The third-order valence-corrected chi connectivity index (χ3v) is 21.6. The predicted molar refractivity (Wildman–Crippen MR) is 390 cm³/mol. The molecular weight excluding hydrogens is 1120 g/mol. The first-order valence-electron chi connectivity index (χ1n) is 32.8. The van der Waals surface area contributed by atoms with Gasteiger partial charge in [-0.3, -0.25) is 0 Å². The Labute approximate surface area is 543 Å².